The predicted octanol–water partition coefficient (Wildman–Crippen LogP) is 3.78. The van der Waals surface area contributed by atoms with Crippen molar-refractivity contribution < 1.29 is 13.2 Å². The molecule has 6 heteroatoms. The maximum Gasteiger partial charge on any atom is 0.243 e. The molecule has 0 amide bonds. The molecular formula is C19H26N2O3S. The third kappa shape index (κ3) is 4.80. The zero-order valence-corrected chi connectivity index (χ0v) is 16.2. The van der Waals surface area contributed by atoms with Gasteiger partial charge in [0.1, 0.15) is 5.75 Å². The van der Waals surface area contributed by atoms with Gasteiger partial charge in [-0.15, -0.1) is 0 Å². The molecule has 1 aromatic carbocycles. The fourth-order valence-electron chi connectivity index (χ4n) is 2.52. The molecule has 0 N–H and O–H groups in total. The van der Waals surface area contributed by atoms with Gasteiger partial charge in [-0.3, -0.25) is 4.98 Å². The third-order valence-electron chi connectivity index (χ3n) is 3.75. The van der Waals surface area contributed by atoms with Crippen molar-refractivity contribution in [2.24, 2.45) is 0 Å². The molecule has 0 saturated carbocycles. The van der Waals surface area contributed by atoms with Gasteiger partial charge in [-0.05, 0) is 70.0 Å². The maximum atomic E-state index is 13.1. The lowest BCUT2D eigenvalue weighted by Crippen LogP contribution is -2.36. The molecule has 1 aromatic heterocycles. The minimum Gasteiger partial charge on any atom is -0.491 e. The Bertz CT molecular complexity index is 803. The van der Waals surface area contributed by atoms with E-state index in [2.05, 4.69) is 4.98 Å². The molecule has 0 radical (unpaired) electrons. The Labute approximate surface area is 150 Å². The minimum absolute atomic E-state index is 0.0406. The van der Waals surface area contributed by atoms with Crippen LogP contribution in [0.2, 0.25) is 0 Å². The first-order chi connectivity index (χ1) is 11.7. The minimum atomic E-state index is -3.62. The summed E-state index contributed by atoms with van der Waals surface area (Å²) in [5, 5.41) is 0. The van der Waals surface area contributed by atoms with Crippen LogP contribution in [0.3, 0.4) is 0 Å². The smallest absolute Gasteiger partial charge is 0.243 e. The topological polar surface area (TPSA) is 59.5 Å². The molecular weight excluding hydrogens is 336 g/mol. The fraction of sp³-hybridized carbons (Fsp3) is 0.421. The molecule has 0 fully saturated rings. The van der Waals surface area contributed by atoms with E-state index in [4.69, 9.17) is 4.74 Å². The van der Waals surface area contributed by atoms with E-state index >= 15 is 0 Å². The molecule has 0 unspecified atom stereocenters. The number of aromatic nitrogens is 1. The molecule has 0 aliphatic heterocycles. The number of hydrogen-bond acceptors (Lipinski definition) is 4. The molecule has 136 valence electrons. The van der Waals surface area contributed by atoms with Gasteiger partial charge in [-0.25, -0.2) is 8.42 Å². The second-order valence-corrected chi connectivity index (χ2v) is 8.49. The van der Waals surface area contributed by atoms with E-state index < -0.39 is 10.0 Å². The highest BCUT2D eigenvalue weighted by Crippen LogP contribution is 2.26. The van der Waals surface area contributed by atoms with Gasteiger partial charge in [0.2, 0.25) is 10.0 Å². The average molecular weight is 362 g/mol. The molecule has 2 aromatic rings. The van der Waals surface area contributed by atoms with Crippen molar-refractivity contribution in [1.82, 2.24) is 9.29 Å². The Hall–Kier alpha value is -1.92. The lowest BCUT2D eigenvalue weighted by molar-refractivity contribution is 0.240. The number of aryl methyl sites for hydroxylation is 1. The zero-order chi connectivity index (χ0) is 18.6. The number of rotatable bonds is 7. The van der Waals surface area contributed by atoms with Crippen LogP contribution >= 0.6 is 0 Å². The third-order valence-corrected chi connectivity index (χ3v) is 5.77. The van der Waals surface area contributed by atoms with E-state index in [9.17, 15) is 8.42 Å². The summed E-state index contributed by atoms with van der Waals surface area (Å²) in [4.78, 5) is 4.34. The quantitative estimate of drug-likeness (QED) is 0.752. The van der Waals surface area contributed by atoms with Crippen LogP contribution in [0.15, 0.2) is 47.6 Å². The molecule has 0 spiro atoms. The highest BCUT2D eigenvalue weighted by molar-refractivity contribution is 7.89. The average Bonchev–Trinajstić information content (AvgIpc) is 2.54. The van der Waals surface area contributed by atoms with Crippen LogP contribution in [0.25, 0.3) is 0 Å². The van der Waals surface area contributed by atoms with Crippen molar-refractivity contribution >= 4 is 10.0 Å². The van der Waals surface area contributed by atoms with E-state index in [1.54, 1.807) is 30.6 Å². The van der Waals surface area contributed by atoms with E-state index in [-0.39, 0.29) is 23.6 Å². The number of pyridine rings is 1. The van der Waals surface area contributed by atoms with Crippen LogP contribution in [0.1, 0.15) is 38.8 Å². The van der Waals surface area contributed by atoms with Gasteiger partial charge in [-0.1, -0.05) is 6.07 Å². The summed E-state index contributed by atoms with van der Waals surface area (Å²) >= 11 is 0. The second-order valence-electron chi connectivity index (χ2n) is 6.60. The summed E-state index contributed by atoms with van der Waals surface area (Å²) in [6.07, 6.45) is 3.41. The SMILES string of the molecule is Cc1cc(S(=O)(=O)N(Cc2cccnc2)C(C)C)ccc1OC(C)C. The van der Waals surface area contributed by atoms with Crippen molar-refractivity contribution in [2.75, 3.05) is 0 Å². The summed E-state index contributed by atoms with van der Waals surface area (Å²) in [5.74, 6) is 0.706. The summed E-state index contributed by atoms with van der Waals surface area (Å²) in [6, 6.07) is 8.53. The lowest BCUT2D eigenvalue weighted by Gasteiger charge is -2.26. The summed E-state index contributed by atoms with van der Waals surface area (Å²) in [5.41, 5.74) is 1.66. The Morgan fingerprint density at radius 3 is 2.40 bits per heavy atom. The lowest BCUT2D eigenvalue weighted by atomic mass is 10.2. The van der Waals surface area contributed by atoms with Crippen LogP contribution in [-0.4, -0.2) is 29.9 Å². The van der Waals surface area contributed by atoms with Gasteiger partial charge in [0, 0.05) is 25.0 Å². The summed E-state index contributed by atoms with van der Waals surface area (Å²) in [6.45, 7) is 9.78. The fourth-order valence-corrected chi connectivity index (χ4v) is 4.23. The normalized spacial score (nSPS) is 12.2. The Balaban J connectivity index is 2.35. The van der Waals surface area contributed by atoms with Crippen LogP contribution < -0.4 is 4.74 Å². The van der Waals surface area contributed by atoms with E-state index in [1.807, 2.05) is 46.8 Å². The number of benzene rings is 1. The Kier molecular flexibility index (Phi) is 6.19. The van der Waals surface area contributed by atoms with Crippen LogP contribution in [0, 0.1) is 6.92 Å². The van der Waals surface area contributed by atoms with Gasteiger partial charge < -0.3 is 4.74 Å². The first-order valence-corrected chi connectivity index (χ1v) is 9.84. The van der Waals surface area contributed by atoms with Crippen molar-refractivity contribution in [3.05, 3.63) is 53.9 Å². The van der Waals surface area contributed by atoms with Gasteiger partial charge in [0.05, 0.1) is 11.0 Å². The van der Waals surface area contributed by atoms with Crippen molar-refractivity contribution in [2.45, 2.75) is 58.2 Å². The number of sulfonamides is 1. The van der Waals surface area contributed by atoms with Gasteiger partial charge in [0.15, 0.2) is 0 Å². The second kappa shape index (κ2) is 7.97. The monoisotopic (exact) mass is 362 g/mol. The first kappa shape index (κ1) is 19.4. The van der Waals surface area contributed by atoms with E-state index in [1.165, 1.54) is 4.31 Å². The largest absolute Gasteiger partial charge is 0.491 e. The van der Waals surface area contributed by atoms with Crippen molar-refractivity contribution in [3.8, 4) is 5.75 Å². The number of nitrogens with zero attached hydrogens (tertiary/aromatic N) is 2. The molecule has 0 atom stereocenters. The van der Waals surface area contributed by atoms with E-state index in [0.717, 1.165) is 11.1 Å². The van der Waals surface area contributed by atoms with Crippen molar-refractivity contribution in [3.63, 3.8) is 0 Å². The van der Waals surface area contributed by atoms with Gasteiger partial charge in [-0.2, -0.15) is 4.31 Å². The molecule has 0 bridgehead atoms. The van der Waals surface area contributed by atoms with Crippen LogP contribution in [-0.2, 0) is 16.6 Å². The molecule has 2 rings (SSSR count). The van der Waals surface area contributed by atoms with Crippen LogP contribution in [0.4, 0.5) is 0 Å². The molecule has 0 aliphatic carbocycles. The van der Waals surface area contributed by atoms with Crippen LogP contribution in [0.5, 0.6) is 5.75 Å². The van der Waals surface area contributed by atoms with Gasteiger partial charge in [0.25, 0.3) is 0 Å². The zero-order valence-electron chi connectivity index (χ0n) is 15.4. The first-order valence-electron chi connectivity index (χ1n) is 8.40. The van der Waals surface area contributed by atoms with E-state index in [0.29, 0.717) is 5.75 Å². The molecule has 0 saturated heterocycles. The summed E-state index contributed by atoms with van der Waals surface area (Å²) < 4.78 is 33.4. The highest BCUT2D eigenvalue weighted by Gasteiger charge is 2.27. The molecule has 0 aliphatic rings. The van der Waals surface area contributed by atoms with Crippen molar-refractivity contribution in [1.29, 1.82) is 0 Å². The maximum absolute atomic E-state index is 13.1. The standard InChI is InChI=1S/C19H26N2O3S/c1-14(2)21(13-17-7-6-10-20-12-17)25(22,23)18-8-9-19(16(5)11-18)24-15(3)4/h6-12,14-15H,13H2,1-5H3. The number of ether oxygens (including phenoxy) is 1. The Morgan fingerprint density at radius 1 is 1.16 bits per heavy atom. The molecule has 5 nitrogen and oxygen atoms in total. The van der Waals surface area contributed by atoms with Gasteiger partial charge >= 0.3 is 0 Å². The highest BCUT2D eigenvalue weighted by atomic mass is 32.2. The summed E-state index contributed by atoms with van der Waals surface area (Å²) in [7, 11) is -3.62. The molecule has 25 heavy (non-hydrogen) atoms. The number of hydrogen-bond donors (Lipinski definition) is 0. The molecule has 1 heterocycles. The Morgan fingerprint density at radius 2 is 1.88 bits per heavy atom. The predicted molar refractivity (Wildman–Crippen MR) is 99.0 cm³/mol.